The number of hydrogen-bond donors (Lipinski definition) is 3. The third kappa shape index (κ3) is 7.92. The first-order valence-corrected chi connectivity index (χ1v) is 11.0. The van der Waals surface area contributed by atoms with Gasteiger partial charge in [-0.1, -0.05) is 6.42 Å². The monoisotopic (exact) mass is 516 g/mol. The van der Waals surface area contributed by atoms with Crippen molar-refractivity contribution in [1.82, 2.24) is 20.3 Å². The Morgan fingerprint density at radius 1 is 1.38 bits per heavy atom. The lowest BCUT2D eigenvalue weighted by molar-refractivity contribution is 0.316. The van der Waals surface area contributed by atoms with Crippen LogP contribution in [0, 0.1) is 5.92 Å². The second-order valence-electron chi connectivity index (χ2n) is 6.33. The number of sulfonamides is 1. The maximum atomic E-state index is 12.0. The van der Waals surface area contributed by atoms with Gasteiger partial charge in [-0.3, -0.25) is 4.99 Å². The van der Waals surface area contributed by atoms with Gasteiger partial charge in [-0.15, -0.1) is 35.3 Å². The van der Waals surface area contributed by atoms with E-state index in [2.05, 4.69) is 25.3 Å². The molecule has 0 bridgehead atoms. The minimum absolute atomic E-state index is 0. The number of nitrogens with zero attached hydrogens (tertiary/aromatic N) is 3. The van der Waals surface area contributed by atoms with Gasteiger partial charge < -0.3 is 15.5 Å². The maximum Gasteiger partial charge on any atom is 0.213 e. The molecule has 26 heavy (non-hydrogen) atoms. The summed E-state index contributed by atoms with van der Waals surface area (Å²) in [5, 5.41) is 9.11. The minimum Gasteiger partial charge on any atom is -0.355 e. The van der Waals surface area contributed by atoms with Crippen molar-refractivity contribution < 1.29 is 8.42 Å². The molecular weight excluding hydrogens is 487 g/mol. The van der Waals surface area contributed by atoms with E-state index in [1.54, 1.807) is 18.4 Å². The Morgan fingerprint density at radius 2 is 2.12 bits per heavy atom. The van der Waals surface area contributed by atoms with Gasteiger partial charge in [-0.05, 0) is 18.8 Å². The lowest BCUT2D eigenvalue weighted by Crippen LogP contribution is -2.41. The van der Waals surface area contributed by atoms with Crippen LogP contribution in [0.15, 0.2) is 10.4 Å². The van der Waals surface area contributed by atoms with Crippen LogP contribution in [0.2, 0.25) is 0 Å². The first-order chi connectivity index (χ1) is 11.9. The van der Waals surface area contributed by atoms with Gasteiger partial charge in [-0.2, -0.15) is 0 Å². The van der Waals surface area contributed by atoms with Crippen LogP contribution in [0.25, 0.3) is 0 Å². The van der Waals surface area contributed by atoms with E-state index >= 15 is 0 Å². The van der Waals surface area contributed by atoms with Crippen molar-refractivity contribution in [2.45, 2.75) is 25.8 Å². The summed E-state index contributed by atoms with van der Waals surface area (Å²) in [5.41, 5.74) is 0.923. The topological polar surface area (TPSA) is 98.7 Å². The number of aliphatic imine (C=N–C) groups is 1. The summed E-state index contributed by atoms with van der Waals surface area (Å²) in [5.74, 6) is 1.11. The van der Waals surface area contributed by atoms with E-state index in [4.69, 9.17) is 0 Å². The Labute approximate surface area is 177 Å². The first kappa shape index (κ1) is 23.4. The van der Waals surface area contributed by atoms with E-state index < -0.39 is 10.0 Å². The molecule has 3 N–H and O–H groups in total. The zero-order valence-corrected chi connectivity index (χ0v) is 19.5. The standard InChI is InChI=1S/C15H28N6O2S2.HI/c1-16-14(18-10-13-11-24-15(20-13)21(2)3)17-7-8-25(22,23)19-9-12-5-4-6-12;/h11-12,19H,4-10H2,1-3H3,(H2,16,17,18);1H. The Balaban J connectivity index is 0.00000338. The van der Waals surface area contributed by atoms with E-state index in [0.717, 1.165) is 23.7 Å². The maximum absolute atomic E-state index is 12.0. The molecule has 11 heteroatoms. The van der Waals surface area contributed by atoms with Crippen LogP contribution >= 0.6 is 35.3 Å². The Bertz CT molecular complexity index is 673. The number of guanidine groups is 1. The van der Waals surface area contributed by atoms with Crippen LogP contribution < -0.4 is 20.3 Å². The van der Waals surface area contributed by atoms with Gasteiger partial charge in [0.25, 0.3) is 0 Å². The molecule has 0 saturated heterocycles. The molecule has 0 atom stereocenters. The van der Waals surface area contributed by atoms with Crippen molar-refractivity contribution >= 4 is 56.4 Å². The van der Waals surface area contributed by atoms with Crippen molar-refractivity contribution in [2.75, 3.05) is 44.9 Å². The Kier molecular flexibility index (Phi) is 10.1. The second-order valence-corrected chi connectivity index (χ2v) is 9.10. The predicted octanol–water partition coefficient (Wildman–Crippen LogP) is 1.21. The lowest BCUT2D eigenvalue weighted by atomic mass is 9.86. The number of aromatic nitrogens is 1. The van der Waals surface area contributed by atoms with Gasteiger partial charge in [0.05, 0.1) is 18.0 Å². The molecule has 1 saturated carbocycles. The fourth-order valence-corrected chi connectivity index (χ4v) is 4.06. The largest absolute Gasteiger partial charge is 0.355 e. The Hall–Kier alpha value is -0.660. The number of nitrogens with one attached hydrogen (secondary N) is 3. The molecule has 1 aliphatic rings. The fourth-order valence-electron chi connectivity index (χ4n) is 2.30. The van der Waals surface area contributed by atoms with Crippen molar-refractivity contribution in [3.63, 3.8) is 0 Å². The van der Waals surface area contributed by atoms with Crippen LogP contribution in [-0.2, 0) is 16.6 Å². The summed E-state index contributed by atoms with van der Waals surface area (Å²) in [6.45, 7) is 1.41. The van der Waals surface area contributed by atoms with Gasteiger partial charge in [0.1, 0.15) is 0 Å². The van der Waals surface area contributed by atoms with Crippen LogP contribution in [-0.4, -0.2) is 59.3 Å². The molecule has 1 fully saturated rings. The van der Waals surface area contributed by atoms with Crippen LogP contribution in [0.5, 0.6) is 0 Å². The molecule has 1 aromatic rings. The van der Waals surface area contributed by atoms with Crippen LogP contribution in [0.4, 0.5) is 5.13 Å². The van der Waals surface area contributed by atoms with Gasteiger partial charge in [0, 0.05) is 39.6 Å². The molecule has 1 heterocycles. The van der Waals surface area contributed by atoms with Gasteiger partial charge in [0.15, 0.2) is 11.1 Å². The van der Waals surface area contributed by atoms with Gasteiger partial charge >= 0.3 is 0 Å². The second kappa shape index (κ2) is 11.2. The molecule has 1 aliphatic carbocycles. The number of rotatable bonds is 9. The number of anilines is 1. The lowest BCUT2D eigenvalue weighted by Gasteiger charge is -2.25. The highest BCUT2D eigenvalue weighted by Crippen LogP contribution is 2.25. The molecule has 0 unspecified atom stereocenters. The smallest absolute Gasteiger partial charge is 0.213 e. The number of thiazole rings is 1. The average molecular weight is 516 g/mol. The minimum atomic E-state index is -3.24. The van der Waals surface area contributed by atoms with E-state index in [1.807, 2.05) is 24.4 Å². The SMILES string of the molecule is CN=C(NCCS(=O)(=O)NCC1CCC1)NCc1csc(N(C)C)n1.I. The van der Waals surface area contributed by atoms with E-state index in [1.165, 1.54) is 6.42 Å². The van der Waals surface area contributed by atoms with Crippen LogP contribution in [0.1, 0.15) is 25.0 Å². The molecule has 150 valence electrons. The summed E-state index contributed by atoms with van der Waals surface area (Å²) in [6, 6.07) is 0. The summed E-state index contributed by atoms with van der Waals surface area (Å²) >= 11 is 1.58. The summed E-state index contributed by atoms with van der Waals surface area (Å²) in [6.07, 6.45) is 3.47. The molecule has 0 amide bonds. The fraction of sp³-hybridized carbons (Fsp3) is 0.733. The van der Waals surface area contributed by atoms with E-state index in [0.29, 0.717) is 31.5 Å². The molecular formula is C15H29IN6O2S2. The highest BCUT2D eigenvalue weighted by molar-refractivity contribution is 14.0. The van der Waals surface area contributed by atoms with E-state index in [9.17, 15) is 8.42 Å². The molecule has 0 spiro atoms. The van der Waals surface area contributed by atoms with E-state index in [-0.39, 0.29) is 29.7 Å². The normalized spacial score (nSPS) is 15.1. The van der Waals surface area contributed by atoms with Crippen molar-refractivity contribution in [3.8, 4) is 0 Å². The molecule has 1 aromatic heterocycles. The van der Waals surface area contributed by atoms with Crippen molar-refractivity contribution in [1.29, 1.82) is 0 Å². The predicted molar refractivity (Wildman–Crippen MR) is 119 cm³/mol. The Morgan fingerprint density at radius 3 is 2.65 bits per heavy atom. The summed E-state index contributed by atoms with van der Waals surface area (Å²) in [4.78, 5) is 10.5. The van der Waals surface area contributed by atoms with Gasteiger partial charge in [0.2, 0.25) is 10.0 Å². The molecule has 8 nitrogen and oxygen atoms in total. The van der Waals surface area contributed by atoms with Gasteiger partial charge in [-0.25, -0.2) is 18.1 Å². The number of halogens is 1. The average Bonchev–Trinajstić information content (AvgIpc) is 2.98. The summed E-state index contributed by atoms with van der Waals surface area (Å²) in [7, 11) is 2.32. The summed E-state index contributed by atoms with van der Waals surface area (Å²) < 4.78 is 26.6. The molecule has 0 aromatic carbocycles. The number of hydrogen-bond acceptors (Lipinski definition) is 6. The molecule has 0 radical (unpaired) electrons. The zero-order chi connectivity index (χ0) is 18.3. The third-order valence-electron chi connectivity index (χ3n) is 4.06. The first-order valence-electron chi connectivity index (χ1n) is 8.43. The third-order valence-corrected chi connectivity index (χ3v) is 6.47. The van der Waals surface area contributed by atoms with Crippen molar-refractivity contribution in [2.24, 2.45) is 10.9 Å². The zero-order valence-electron chi connectivity index (χ0n) is 15.5. The van der Waals surface area contributed by atoms with Crippen molar-refractivity contribution in [3.05, 3.63) is 11.1 Å². The molecule has 0 aliphatic heterocycles. The quantitative estimate of drug-likeness (QED) is 0.259. The highest BCUT2D eigenvalue weighted by atomic mass is 127. The highest BCUT2D eigenvalue weighted by Gasteiger charge is 2.20. The molecule has 2 rings (SSSR count). The van der Waals surface area contributed by atoms with Crippen LogP contribution in [0.3, 0.4) is 0 Å².